The number of phenols is 1. The van der Waals surface area contributed by atoms with Crippen molar-refractivity contribution >= 4 is 10.8 Å². The SMILES string of the molecule is O=c1cc(-c2c(O)ccc3ccccc23)nc2n1CCCCC2. The highest BCUT2D eigenvalue weighted by atomic mass is 16.3. The number of rotatable bonds is 1. The van der Waals surface area contributed by atoms with Crippen LogP contribution in [-0.4, -0.2) is 14.7 Å². The molecule has 4 heteroatoms. The summed E-state index contributed by atoms with van der Waals surface area (Å²) in [6, 6.07) is 12.9. The smallest absolute Gasteiger partial charge is 0.254 e. The largest absolute Gasteiger partial charge is 0.507 e. The van der Waals surface area contributed by atoms with E-state index in [4.69, 9.17) is 4.98 Å². The second-order valence-corrected chi connectivity index (χ2v) is 6.04. The zero-order valence-electron chi connectivity index (χ0n) is 12.8. The van der Waals surface area contributed by atoms with Gasteiger partial charge in [-0.1, -0.05) is 36.8 Å². The zero-order valence-corrected chi connectivity index (χ0v) is 12.8. The van der Waals surface area contributed by atoms with Crippen LogP contribution in [-0.2, 0) is 13.0 Å². The molecular formula is C19H18N2O2. The van der Waals surface area contributed by atoms with Crippen LogP contribution < -0.4 is 5.56 Å². The highest BCUT2D eigenvalue weighted by Gasteiger charge is 2.16. The lowest BCUT2D eigenvalue weighted by Gasteiger charge is -2.13. The number of aromatic hydroxyl groups is 1. The van der Waals surface area contributed by atoms with Gasteiger partial charge in [-0.05, 0) is 29.7 Å². The van der Waals surface area contributed by atoms with Crippen molar-refractivity contribution in [3.63, 3.8) is 0 Å². The molecule has 0 unspecified atom stereocenters. The molecule has 2 heterocycles. The Kier molecular flexibility index (Phi) is 3.37. The van der Waals surface area contributed by atoms with Gasteiger partial charge in [0.2, 0.25) is 0 Å². The number of aromatic nitrogens is 2. The van der Waals surface area contributed by atoms with Crippen molar-refractivity contribution in [2.75, 3.05) is 0 Å². The number of benzene rings is 2. The normalized spacial score (nSPS) is 14.4. The summed E-state index contributed by atoms with van der Waals surface area (Å²) in [4.78, 5) is 17.2. The van der Waals surface area contributed by atoms with Crippen molar-refractivity contribution in [2.45, 2.75) is 32.2 Å². The first-order valence-electron chi connectivity index (χ1n) is 8.06. The fourth-order valence-corrected chi connectivity index (χ4v) is 3.37. The number of nitrogens with zero attached hydrogens (tertiary/aromatic N) is 2. The fraction of sp³-hybridized carbons (Fsp3) is 0.263. The van der Waals surface area contributed by atoms with E-state index in [1.165, 1.54) is 0 Å². The first-order chi connectivity index (χ1) is 11.2. The van der Waals surface area contributed by atoms with Crippen molar-refractivity contribution in [2.24, 2.45) is 0 Å². The van der Waals surface area contributed by atoms with Gasteiger partial charge in [-0.25, -0.2) is 4.98 Å². The summed E-state index contributed by atoms with van der Waals surface area (Å²) in [6.45, 7) is 0.739. The molecule has 2 aromatic carbocycles. The molecule has 1 aliphatic rings. The summed E-state index contributed by atoms with van der Waals surface area (Å²) in [5.41, 5.74) is 1.18. The van der Waals surface area contributed by atoms with Crippen molar-refractivity contribution < 1.29 is 5.11 Å². The minimum Gasteiger partial charge on any atom is -0.507 e. The molecule has 0 spiro atoms. The Morgan fingerprint density at radius 1 is 1.04 bits per heavy atom. The average Bonchev–Trinajstić information content (AvgIpc) is 2.80. The van der Waals surface area contributed by atoms with E-state index < -0.39 is 0 Å². The molecule has 0 radical (unpaired) electrons. The summed E-state index contributed by atoms with van der Waals surface area (Å²) in [6.07, 6.45) is 4.01. The van der Waals surface area contributed by atoms with E-state index in [0.717, 1.165) is 48.8 Å². The molecule has 0 saturated heterocycles. The third-order valence-electron chi connectivity index (χ3n) is 4.53. The van der Waals surface area contributed by atoms with Crippen LogP contribution in [0, 0.1) is 0 Å². The van der Waals surface area contributed by atoms with Crippen LogP contribution in [0.15, 0.2) is 47.3 Å². The van der Waals surface area contributed by atoms with Gasteiger partial charge in [0, 0.05) is 19.0 Å². The monoisotopic (exact) mass is 306 g/mol. The van der Waals surface area contributed by atoms with Gasteiger partial charge in [0.15, 0.2) is 0 Å². The third-order valence-corrected chi connectivity index (χ3v) is 4.53. The molecule has 0 fully saturated rings. The predicted molar refractivity (Wildman–Crippen MR) is 90.7 cm³/mol. The Labute approximate surface area is 134 Å². The van der Waals surface area contributed by atoms with E-state index in [1.807, 2.05) is 30.3 Å². The molecule has 0 saturated carbocycles. The van der Waals surface area contributed by atoms with Crippen molar-refractivity contribution in [3.8, 4) is 17.0 Å². The van der Waals surface area contributed by atoms with Gasteiger partial charge in [0.1, 0.15) is 11.6 Å². The molecule has 3 aromatic rings. The standard InChI is InChI=1S/C19H18N2O2/c22-16-10-9-13-6-3-4-7-14(13)19(16)15-12-18(23)21-11-5-1-2-8-17(21)20-15/h3-4,6-7,9-10,12,22H,1-2,5,8,11H2. The van der Waals surface area contributed by atoms with E-state index in [-0.39, 0.29) is 11.3 Å². The van der Waals surface area contributed by atoms with Gasteiger partial charge >= 0.3 is 0 Å². The summed E-state index contributed by atoms with van der Waals surface area (Å²) in [7, 11) is 0. The highest BCUT2D eigenvalue weighted by molar-refractivity contribution is 5.98. The lowest BCUT2D eigenvalue weighted by molar-refractivity contribution is 0.477. The van der Waals surface area contributed by atoms with Crippen LogP contribution in [0.25, 0.3) is 22.0 Å². The van der Waals surface area contributed by atoms with Gasteiger partial charge in [0.05, 0.1) is 11.3 Å². The first kappa shape index (κ1) is 14.0. The van der Waals surface area contributed by atoms with Gasteiger partial charge in [-0.2, -0.15) is 0 Å². The van der Waals surface area contributed by atoms with Crippen LogP contribution in [0.3, 0.4) is 0 Å². The zero-order chi connectivity index (χ0) is 15.8. The molecular weight excluding hydrogens is 288 g/mol. The van der Waals surface area contributed by atoms with E-state index in [1.54, 1.807) is 16.7 Å². The molecule has 0 bridgehead atoms. The second kappa shape index (κ2) is 5.54. The third kappa shape index (κ3) is 2.40. The number of hydrogen-bond donors (Lipinski definition) is 1. The maximum atomic E-state index is 12.5. The molecule has 4 rings (SSSR count). The Morgan fingerprint density at radius 2 is 1.91 bits per heavy atom. The minimum atomic E-state index is -0.0285. The predicted octanol–water partition coefficient (Wildman–Crippen LogP) is 3.50. The van der Waals surface area contributed by atoms with E-state index in [0.29, 0.717) is 11.3 Å². The lowest BCUT2D eigenvalue weighted by atomic mass is 10.0. The topological polar surface area (TPSA) is 55.1 Å². The minimum absolute atomic E-state index is 0.0285. The number of phenolic OH excluding ortho intramolecular Hbond substituents is 1. The van der Waals surface area contributed by atoms with Crippen LogP contribution in [0.1, 0.15) is 25.1 Å². The summed E-state index contributed by atoms with van der Waals surface area (Å²) in [5.74, 6) is 0.992. The van der Waals surface area contributed by atoms with Crippen molar-refractivity contribution in [3.05, 3.63) is 58.6 Å². The number of aryl methyl sites for hydroxylation is 1. The van der Waals surface area contributed by atoms with Crippen LogP contribution in [0.5, 0.6) is 5.75 Å². The molecule has 0 aliphatic carbocycles. The second-order valence-electron chi connectivity index (χ2n) is 6.04. The lowest BCUT2D eigenvalue weighted by Crippen LogP contribution is -2.23. The molecule has 4 nitrogen and oxygen atoms in total. The fourth-order valence-electron chi connectivity index (χ4n) is 3.37. The van der Waals surface area contributed by atoms with Crippen molar-refractivity contribution in [1.82, 2.24) is 9.55 Å². The molecule has 1 N–H and O–H groups in total. The molecule has 0 amide bonds. The van der Waals surface area contributed by atoms with Gasteiger partial charge in [-0.3, -0.25) is 9.36 Å². The molecule has 116 valence electrons. The average molecular weight is 306 g/mol. The Hall–Kier alpha value is -2.62. The van der Waals surface area contributed by atoms with Crippen LogP contribution in [0.4, 0.5) is 0 Å². The summed E-state index contributed by atoms with van der Waals surface area (Å²) in [5, 5.41) is 12.3. The Morgan fingerprint density at radius 3 is 2.83 bits per heavy atom. The van der Waals surface area contributed by atoms with E-state index in [9.17, 15) is 9.90 Å². The van der Waals surface area contributed by atoms with E-state index >= 15 is 0 Å². The Balaban J connectivity index is 1.99. The maximum absolute atomic E-state index is 12.5. The quantitative estimate of drug-likeness (QED) is 0.748. The van der Waals surface area contributed by atoms with E-state index in [2.05, 4.69) is 0 Å². The van der Waals surface area contributed by atoms with Crippen molar-refractivity contribution in [1.29, 1.82) is 0 Å². The van der Waals surface area contributed by atoms with Gasteiger partial charge in [-0.15, -0.1) is 0 Å². The Bertz CT molecular complexity index is 944. The summed E-state index contributed by atoms with van der Waals surface area (Å²) >= 11 is 0. The van der Waals surface area contributed by atoms with Crippen LogP contribution in [0.2, 0.25) is 0 Å². The number of hydrogen-bond acceptors (Lipinski definition) is 3. The first-order valence-corrected chi connectivity index (χ1v) is 8.06. The maximum Gasteiger partial charge on any atom is 0.254 e. The molecule has 1 aliphatic heterocycles. The molecule has 23 heavy (non-hydrogen) atoms. The van der Waals surface area contributed by atoms with Gasteiger partial charge < -0.3 is 5.11 Å². The van der Waals surface area contributed by atoms with Crippen LogP contribution >= 0.6 is 0 Å². The number of fused-ring (bicyclic) bond motifs is 2. The summed E-state index contributed by atoms with van der Waals surface area (Å²) < 4.78 is 1.78. The highest BCUT2D eigenvalue weighted by Crippen LogP contribution is 2.35. The molecule has 1 aromatic heterocycles. The molecule has 0 atom stereocenters. The van der Waals surface area contributed by atoms with Gasteiger partial charge in [0.25, 0.3) is 5.56 Å².